The Hall–Kier alpha value is -3.11. The zero-order valence-corrected chi connectivity index (χ0v) is 20.4. The third kappa shape index (κ3) is 4.81. The molecule has 0 saturated heterocycles. The van der Waals surface area contributed by atoms with Gasteiger partial charge in [0.15, 0.2) is 5.16 Å². The number of carbonyl (C=O) groups excluding carboxylic acids is 1. The summed E-state index contributed by atoms with van der Waals surface area (Å²) >= 11 is 2.59. The van der Waals surface area contributed by atoms with E-state index in [-0.39, 0.29) is 23.1 Å². The van der Waals surface area contributed by atoms with E-state index >= 15 is 0 Å². The lowest BCUT2D eigenvalue weighted by atomic mass is 10.2. The van der Waals surface area contributed by atoms with Crippen LogP contribution in [0.1, 0.15) is 13.8 Å². The quantitative estimate of drug-likeness (QED) is 0.292. The molecular formula is C23H24N4O4S2. The van der Waals surface area contributed by atoms with Crippen LogP contribution in [0.4, 0.5) is 5.69 Å². The van der Waals surface area contributed by atoms with Crippen molar-refractivity contribution in [2.24, 2.45) is 5.92 Å². The van der Waals surface area contributed by atoms with Crippen LogP contribution in [0, 0.1) is 5.92 Å². The highest BCUT2D eigenvalue weighted by Gasteiger charge is 2.19. The first-order chi connectivity index (χ1) is 15.9. The Morgan fingerprint density at radius 2 is 2.06 bits per heavy atom. The average Bonchev–Trinajstić information content (AvgIpc) is 3.18. The number of nitrogens with one attached hydrogen (secondary N) is 1. The van der Waals surface area contributed by atoms with E-state index in [0.29, 0.717) is 39.1 Å². The number of rotatable bonds is 8. The van der Waals surface area contributed by atoms with Gasteiger partial charge >= 0.3 is 0 Å². The van der Waals surface area contributed by atoms with E-state index in [9.17, 15) is 9.59 Å². The lowest BCUT2D eigenvalue weighted by Gasteiger charge is -2.14. The maximum atomic E-state index is 13.3. The highest BCUT2D eigenvalue weighted by atomic mass is 32.2. The Balaban J connectivity index is 1.63. The molecule has 0 spiro atoms. The molecule has 1 amide bonds. The number of carbonyl (C=O) groups is 1. The number of hydrogen-bond donors (Lipinski definition) is 1. The normalized spacial score (nSPS) is 11.3. The average molecular weight is 485 g/mol. The number of fused-ring (bicyclic) bond motifs is 3. The lowest BCUT2D eigenvalue weighted by molar-refractivity contribution is -0.113. The molecule has 0 radical (unpaired) electrons. The minimum absolute atomic E-state index is 0.0888. The molecule has 0 unspecified atom stereocenters. The van der Waals surface area contributed by atoms with Crippen molar-refractivity contribution in [2.75, 3.05) is 25.3 Å². The van der Waals surface area contributed by atoms with E-state index < -0.39 is 0 Å². The Morgan fingerprint density at radius 3 is 2.79 bits per heavy atom. The maximum absolute atomic E-state index is 13.3. The highest BCUT2D eigenvalue weighted by Crippen LogP contribution is 2.31. The van der Waals surface area contributed by atoms with Gasteiger partial charge in [0.1, 0.15) is 21.0 Å². The molecule has 10 heteroatoms. The highest BCUT2D eigenvalue weighted by molar-refractivity contribution is 7.99. The molecule has 1 aromatic carbocycles. The summed E-state index contributed by atoms with van der Waals surface area (Å²) in [5.41, 5.74) is 1.08. The monoisotopic (exact) mass is 484 g/mol. The summed E-state index contributed by atoms with van der Waals surface area (Å²) in [5.74, 6) is 1.23. The van der Waals surface area contributed by atoms with E-state index in [1.165, 1.54) is 30.2 Å². The van der Waals surface area contributed by atoms with Crippen LogP contribution in [0.15, 0.2) is 46.5 Å². The van der Waals surface area contributed by atoms with Crippen molar-refractivity contribution in [1.29, 1.82) is 0 Å². The molecule has 3 heterocycles. The number of thioether (sulfide) groups is 1. The number of anilines is 1. The molecule has 0 saturated carbocycles. The molecule has 4 rings (SSSR count). The summed E-state index contributed by atoms with van der Waals surface area (Å²) < 4.78 is 12.8. The van der Waals surface area contributed by atoms with Crippen LogP contribution in [0.3, 0.4) is 0 Å². The number of amides is 1. The van der Waals surface area contributed by atoms with Gasteiger partial charge in [0.25, 0.3) is 5.56 Å². The number of nitrogens with zero attached hydrogens (tertiary/aromatic N) is 3. The van der Waals surface area contributed by atoms with Gasteiger partial charge in [-0.3, -0.25) is 14.2 Å². The van der Waals surface area contributed by atoms with Crippen molar-refractivity contribution in [2.45, 2.75) is 25.5 Å². The van der Waals surface area contributed by atoms with E-state index in [1.807, 2.05) is 26.0 Å². The summed E-state index contributed by atoms with van der Waals surface area (Å²) in [5, 5.41) is 4.22. The van der Waals surface area contributed by atoms with E-state index in [1.54, 1.807) is 36.1 Å². The fourth-order valence-electron chi connectivity index (χ4n) is 3.40. The molecule has 172 valence electrons. The van der Waals surface area contributed by atoms with Crippen LogP contribution < -0.4 is 20.3 Å². The van der Waals surface area contributed by atoms with Gasteiger partial charge in [-0.25, -0.2) is 9.97 Å². The van der Waals surface area contributed by atoms with Gasteiger partial charge in [-0.05, 0) is 30.2 Å². The van der Waals surface area contributed by atoms with Gasteiger partial charge < -0.3 is 14.8 Å². The van der Waals surface area contributed by atoms with Crippen LogP contribution in [-0.4, -0.2) is 40.4 Å². The van der Waals surface area contributed by atoms with Crippen LogP contribution in [-0.2, 0) is 11.3 Å². The predicted molar refractivity (Wildman–Crippen MR) is 133 cm³/mol. The van der Waals surface area contributed by atoms with Gasteiger partial charge in [0.2, 0.25) is 5.91 Å². The number of benzene rings is 1. The van der Waals surface area contributed by atoms with Crippen LogP contribution in [0.25, 0.3) is 20.4 Å². The second-order valence-electron chi connectivity index (χ2n) is 7.74. The molecule has 1 N–H and O–H groups in total. The molecule has 33 heavy (non-hydrogen) atoms. The summed E-state index contributed by atoms with van der Waals surface area (Å²) in [7, 11) is 3.10. The first kappa shape index (κ1) is 23.1. The minimum Gasteiger partial charge on any atom is -0.497 e. The number of methoxy groups -OCH3 is 2. The maximum Gasteiger partial charge on any atom is 0.272 e. The summed E-state index contributed by atoms with van der Waals surface area (Å²) in [6, 6.07) is 8.92. The standard InChI is InChI=1S/C23H24N4O4S2/c1-13(2)11-27-22(29)20-19(15-6-5-9-24-21(15)33-20)26-23(27)32-12-18(28)25-16-8-7-14(30-3)10-17(16)31-4/h5-10,13H,11-12H2,1-4H3,(H,25,28). The molecule has 0 bridgehead atoms. The molecule has 0 atom stereocenters. The lowest BCUT2D eigenvalue weighted by Crippen LogP contribution is -2.25. The molecule has 0 aliphatic heterocycles. The van der Waals surface area contributed by atoms with Crippen LogP contribution >= 0.6 is 23.1 Å². The number of thiophene rings is 1. The van der Waals surface area contributed by atoms with Gasteiger partial charge in [0.05, 0.1) is 31.2 Å². The SMILES string of the molecule is COc1ccc(NC(=O)CSc2nc3c(sc4ncccc43)c(=O)n2CC(C)C)c(OC)c1. The molecule has 4 aromatic rings. The molecule has 8 nitrogen and oxygen atoms in total. The Morgan fingerprint density at radius 1 is 1.24 bits per heavy atom. The molecule has 0 aliphatic rings. The van der Waals surface area contributed by atoms with Crippen molar-refractivity contribution in [3.05, 3.63) is 46.9 Å². The van der Waals surface area contributed by atoms with Gasteiger partial charge in [-0.15, -0.1) is 11.3 Å². The second-order valence-corrected chi connectivity index (χ2v) is 9.68. The zero-order chi connectivity index (χ0) is 23.5. The second kappa shape index (κ2) is 9.80. The molecule has 0 aliphatic carbocycles. The summed E-state index contributed by atoms with van der Waals surface area (Å²) in [6.07, 6.45) is 1.71. The van der Waals surface area contributed by atoms with E-state index in [2.05, 4.69) is 10.3 Å². The summed E-state index contributed by atoms with van der Waals surface area (Å²) in [4.78, 5) is 35.9. The van der Waals surface area contributed by atoms with E-state index in [4.69, 9.17) is 14.5 Å². The smallest absolute Gasteiger partial charge is 0.272 e. The number of ether oxygens (including phenoxy) is 2. The Bertz CT molecular complexity index is 1380. The molecular weight excluding hydrogens is 460 g/mol. The first-order valence-corrected chi connectivity index (χ1v) is 12.1. The molecule has 0 fully saturated rings. The van der Waals surface area contributed by atoms with Crippen molar-refractivity contribution in [1.82, 2.24) is 14.5 Å². The zero-order valence-electron chi connectivity index (χ0n) is 18.7. The van der Waals surface area contributed by atoms with Gasteiger partial charge in [-0.2, -0.15) is 0 Å². The fourth-order valence-corrected chi connectivity index (χ4v) is 5.23. The molecule has 3 aromatic heterocycles. The number of hydrogen-bond acceptors (Lipinski definition) is 8. The third-order valence-electron chi connectivity index (χ3n) is 4.88. The largest absolute Gasteiger partial charge is 0.497 e. The predicted octanol–water partition coefficient (Wildman–Crippen LogP) is 4.41. The summed E-state index contributed by atoms with van der Waals surface area (Å²) in [6.45, 7) is 4.60. The van der Waals surface area contributed by atoms with E-state index in [0.717, 1.165) is 10.2 Å². The topological polar surface area (TPSA) is 95.3 Å². The fraction of sp³-hybridized carbons (Fsp3) is 0.304. The van der Waals surface area contributed by atoms with Gasteiger partial charge in [-0.1, -0.05) is 25.6 Å². The van der Waals surface area contributed by atoms with Gasteiger partial charge in [0, 0.05) is 24.2 Å². The van der Waals surface area contributed by atoms with Crippen molar-refractivity contribution in [3.63, 3.8) is 0 Å². The number of pyridine rings is 1. The Labute approximate surface area is 199 Å². The van der Waals surface area contributed by atoms with Crippen molar-refractivity contribution >= 4 is 55.1 Å². The van der Waals surface area contributed by atoms with Crippen LogP contribution in [0.5, 0.6) is 11.5 Å². The number of aromatic nitrogens is 3. The van der Waals surface area contributed by atoms with Crippen molar-refractivity contribution < 1.29 is 14.3 Å². The third-order valence-corrected chi connectivity index (χ3v) is 6.95. The minimum atomic E-state index is -0.231. The first-order valence-electron chi connectivity index (χ1n) is 10.3. The Kier molecular flexibility index (Phi) is 6.85. The van der Waals surface area contributed by atoms with Crippen LogP contribution in [0.2, 0.25) is 0 Å². The van der Waals surface area contributed by atoms with Crippen molar-refractivity contribution in [3.8, 4) is 11.5 Å².